The first-order valence-corrected chi connectivity index (χ1v) is 5.62. The number of esters is 1. The number of rotatable bonds is 7. The second kappa shape index (κ2) is 7.34. The minimum absolute atomic E-state index is 0.242. The predicted octanol–water partition coefficient (Wildman–Crippen LogP) is 2.98. The molecule has 0 heterocycles. The van der Waals surface area contributed by atoms with Gasteiger partial charge < -0.3 is 14.4 Å². The van der Waals surface area contributed by atoms with Gasteiger partial charge in [-0.1, -0.05) is 13.3 Å². The number of hydrogen-bond donors (Lipinski definition) is 1. The quantitative estimate of drug-likeness (QED) is 0.266. The zero-order valence-corrected chi connectivity index (χ0v) is 10.2. The normalized spacial score (nSPS) is 9.67. The van der Waals surface area contributed by atoms with Gasteiger partial charge in [0.2, 0.25) is 0 Å². The second-order valence-corrected chi connectivity index (χ2v) is 3.58. The molecule has 1 rings (SSSR count). The number of carbonyl (C=O) groups is 1. The second-order valence-electron chi connectivity index (χ2n) is 3.58. The molecule has 1 N–H and O–H groups in total. The smallest absolute Gasteiger partial charge is 0.338 e. The first kappa shape index (κ1) is 14.1. The molecule has 0 saturated carbocycles. The molecule has 0 atom stereocenters. The van der Waals surface area contributed by atoms with Gasteiger partial charge in [-0.05, 0) is 37.3 Å². The van der Waals surface area contributed by atoms with Crippen molar-refractivity contribution in [3.05, 3.63) is 42.4 Å². The largest absolute Gasteiger partial charge is 0.462 e. The van der Waals surface area contributed by atoms with Gasteiger partial charge in [0.15, 0.2) is 0 Å². The van der Waals surface area contributed by atoms with E-state index >= 15 is 0 Å². The standard InChI is InChI=1S/C13H16O5/c1-3-4-9-16-13(14)11-5-7-12(8-6-11)17-10(2)18-15/h5-8,15H,2-4,9H2,1H3. The van der Waals surface area contributed by atoms with Gasteiger partial charge in [-0.2, -0.15) is 5.26 Å². The molecule has 0 aromatic heterocycles. The minimum Gasteiger partial charge on any atom is -0.462 e. The van der Waals surface area contributed by atoms with E-state index in [1.807, 2.05) is 6.92 Å². The molecule has 0 aliphatic heterocycles. The number of benzene rings is 1. The topological polar surface area (TPSA) is 65.0 Å². The number of hydrogen-bond acceptors (Lipinski definition) is 5. The van der Waals surface area contributed by atoms with Crippen LogP contribution in [0.1, 0.15) is 30.1 Å². The molecule has 1 aromatic carbocycles. The molecule has 0 unspecified atom stereocenters. The molecule has 0 saturated heterocycles. The fourth-order valence-electron chi connectivity index (χ4n) is 1.20. The fourth-order valence-corrected chi connectivity index (χ4v) is 1.20. The molecule has 18 heavy (non-hydrogen) atoms. The molecule has 0 aliphatic rings. The van der Waals surface area contributed by atoms with Gasteiger partial charge in [0.1, 0.15) is 5.75 Å². The van der Waals surface area contributed by atoms with Gasteiger partial charge in [-0.3, -0.25) is 0 Å². The summed E-state index contributed by atoms with van der Waals surface area (Å²) in [7, 11) is 0. The molecule has 98 valence electrons. The van der Waals surface area contributed by atoms with Crippen molar-refractivity contribution in [3.8, 4) is 5.75 Å². The van der Waals surface area contributed by atoms with E-state index in [4.69, 9.17) is 14.7 Å². The van der Waals surface area contributed by atoms with E-state index in [1.54, 1.807) is 24.3 Å². The van der Waals surface area contributed by atoms with Gasteiger partial charge >= 0.3 is 11.9 Å². The van der Waals surface area contributed by atoms with Gasteiger partial charge in [0.25, 0.3) is 0 Å². The van der Waals surface area contributed by atoms with Crippen molar-refractivity contribution >= 4 is 5.97 Å². The van der Waals surface area contributed by atoms with Crippen LogP contribution < -0.4 is 4.74 Å². The summed E-state index contributed by atoms with van der Waals surface area (Å²) < 4.78 is 10.0. The van der Waals surface area contributed by atoms with Gasteiger partial charge in [0.05, 0.1) is 12.2 Å². The third kappa shape index (κ3) is 4.47. The highest BCUT2D eigenvalue weighted by Crippen LogP contribution is 2.15. The van der Waals surface area contributed by atoms with Gasteiger partial charge in [-0.15, -0.1) is 0 Å². The predicted molar refractivity (Wildman–Crippen MR) is 65.1 cm³/mol. The van der Waals surface area contributed by atoms with Crippen LogP contribution in [0.15, 0.2) is 36.8 Å². The van der Waals surface area contributed by atoms with Crippen LogP contribution in [0.25, 0.3) is 0 Å². The molecule has 0 bridgehead atoms. The average Bonchev–Trinajstić information content (AvgIpc) is 2.39. The Labute approximate surface area is 106 Å². The van der Waals surface area contributed by atoms with Crippen molar-refractivity contribution in [2.45, 2.75) is 19.8 Å². The van der Waals surface area contributed by atoms with E-state index in [1.165, 1.54) is 0 Å². The molecule has 0 amide bonds. The van der Waals surface area contributed by atoms with Crippen molar-refractivity contribution in [1.82, 2.24) is 0 Å². The summed E-state index contributed by atoms with van der Waals surface area (Å²) in [6, 6.07) is 6.24. The highest BCUT2D eigenvalue weighted by atomic mass is 17.1. The molecule has 5 heteroatoms. The Hall–Kier alpha value is -2.01. The van der Waals surface area contributed by atoms with Crippen molar-refractivity contribution in [1.29, 1.82) is 0 Å². The summed E-state index contributed by atoms with van der Waals surface area (Å²) in [5.74, 6) is -0.209. The maximum absolute atomic E-state index is 11.6. The Morgan fingerprint density at radius 2 is 2.00 bits per heavy atom. The number of ether oxygens (including phenoxy) is 2. The van der Waals surface area contributed by atoms with Crippen molar-refractivity contribution in [3.63, 3.8) is 0 Å². The fraction of sp³-hybridized carbons (Fsp3) is 0.308. The van der Waals surface area contributed by atoms with Crippen LogP contribution in [0.2, 0.25) is 0 Å². The molecule has 0 aliphatic carbocycles. The SMILES string of the molecule is C=C(OO)Oc1ccc(C(=O)OCCCC)cc1. The van der Waals surface area contributed by atoms with Crippen LogP contribution in [0.3, 0.4) is 0 Å². The monoisotopic (exact) mass is 252 g/mol. The van der Waals surface area contributed by atoms with Crippen molar-refractivity contribution in [2.75, 3.05) is 6.61 Å². The van der Waals surface area contributed by atoms with Crippen molar-refractivity contribution in [2.24, 2.45) is 0 Å². The molecular weight excluding hydrogens is 236 g/mol. The Morgan fingerprint density at radius 1 is 1.33 bits per heavy atom. The zero-order chi connectivity index (χ0) is 13.4. The maximum atomic E-state index is 11.6. The van der Waals surface area contributed by atoms with E-state index in [-0.39, 0.29) is 11.9 Å². The van der Waals surface area contributed by atoms with Crippen LogP contribution in [-0.4, -0.2) is 17.8 Å². The van der Waals surface area contributed by atoms with E-state index in [9.17, 15) is 4.79 Å². The Bertz CT molecular complexity index is 396. The molecule has 0 fully saturated rings. The summed E-state index contributed by atoms with van der Waals surface area (Å²) >= 11 is 0. The highest BCUT2D eigenvalue weighted by molar-refractivity contribution is 5.89. The first-order chi connectivity index (χ1) is 8.67. The number of unbranched alkanes of at least 4 members (excludes halogenated alkanes) is 1. The van der Waals surface area contributed by atoms with E-state index in [0.717, 1.165) is 12.8 Å². The lowest BCUT2D eigenvalue weighted by Crippen LogP contribution is -2.06. The summed E-state index contributed by atoms with van der Waals surface area (Å²) in [6.45, 7) is 5.73. The van der Waals surface area contributed by atoms with Crippen LogP contribution in [0, 0.1) is 0 Å². The summed E-state index contributed by atoms with van der Waals surface area (Å²) in [6.07, 6.45) is 1.82. The highest BCUT2D eigenvalue weighted by Gasteiger charge is 2.07. The third-order valence-electron chi connectivity index (χ3n) is 2.15. The molecule has 5 nitrogen and oxygen atoms in total. The average molecular weight is 252 g/mol. The lowest BCUT2D eigenvalue weighted by Gasteiger charge is -2.06. The van der Waals surface area contributed by atoms with Gasteiger partial charge in [0, 0.05) is 0 Å². The lowest BCUT2D eigenvalue weighted by atomic mass is 10.2. The van der Waals surface area contributed by atoms with Crippen LogP contribution in [0.5, 0.6) is 5.75 Å². The van der Waals surface area contributed by atoms with E-state index in [0.29, 0.717) is 17.9 Å². The zero-order valence-electron chi connectivity index (χ0n) is 10.2. The molecule has 0 spiro atoms. The van der Waals surface area contributed by atoms with Crippen LogP contribution in [-0.2, 0) is 9.62 Å². The molecular formula is C13H16O5. The summed E-state index contributed by atoms with van der Waals surface area (Å²) in [4.78, 5) is 15.4. The maximum Gasteiger partial charge on any atom is 0.338 e. The van der Waals surface area contributed by atoms with E-state index < -0.39 is 0 Å². The molecule has 1 aromatic rings. The lowest BCUT2D eigenvalue weighted by molar-refractivity contribution is -0.230. The summed E-state index contributed by atoms with van der Waals surface area (Å²) in [5, 5.41) is 8.26. The Balaban J connectivity index is 2.54. The van der Waals surface area contributed by atoms with Crippen LogP contribution in [0.4, 0.5) is 0 Å². The molecule has 0 radical (unpaired) electrons. The minimum atomic E-state index is -0.368. The number of carbonyl (C=O) groups excluding carboxylic acids is 1. The van der Waals surface area contributed by atoms with Gasteiger partial charge in [-0.25, -0.2) is 4.79 Å². The Kier molecular flexibility index (Phi) is 5.73. The van der Waals surface area contributed by atoms with E-state index in [2.05, 4.69) is 11.5 Å². The first-order valence-electron chi connectivity index (χ1n) is 5.62. The van der Waals surface area contributed by atoms with Crippen LogP contribution >= 0.6 is 0 Å². The van der Waals surface area contributed by atoms with Crippen molar-refractivity contribution < 1.29 is 24.4 Å². The Morgan fingerprint density at radius 3 is 2.56 bits per heavy atom. The third-order valence-corrected chi connectivity index (χ3v) is 2.15. The summed E-state index contributed by atoms with van der Waals surface area (Å²) in [5.41, 5.74) is 0.439.